The van der Waals surface area contributed by atoms with Crippen LogP contribution >= 0.6 is 0 Å². The lowest BCUT2D eigenvalue weighted by atomic mass is 9.65. The third-order valence-electron chi connectivity index (χ3n) is 4.89. The van der Waals surface area contributed by atoms with Gasteiger partial charge in [-0.15, -0.1) is 0 Å². The fraction of sp³-hybridized carbons (Fsp3) is 0.571. The van der Waals surface area contributed by atoms with Crippen LogP contribution < -0.4 is 4.74 Å². The van der Waals surface area contributed by atoms with Gasteiger partial charge in [0, 0.05) is 17.0 Å². The quantitative estimate of drug-likeness (QED) is 0.737. The lowest BCUT2D eigenvalue weighted by Crippen LogP contribution is -2.52. The summed E-state index contributed by atoms with van der Waals surface area (Å²) < 4.78 is 5.80. The van der Waals surface area contributed by atoms with Gasteiger partial charge in [-0.05, 0) is 44.5 Å². The van der Waals surface area contributed by atoms with E-state index in [0.29, 0.717) is 11.8 Å². The van der Waals surface area contributed by atoms with Gasteiger partial charge in [-0.3, -0.25) is 0 Å². The van der Waals surface area contributed by atoms with E-state index in [1.807, 2.05) is 0 Å². The molecule has 1 N–H and O–H groups in total. The predicted octanol–water partition coefficient (Wildman–Crippen LogP) is 1.67. The van der Waals surface area contributed by atoms with Gasteiger partial charge in [0.05, 0.1) is 6.61 Å². The first-order valence-electron chi connectivity index (χ1n) is 6.38. The summed E-state index contributed by atoms with van der Waals surface area (Å²) in [6, 6.07) is 4.52. The molecule has 17 heavy (non-hydrogen) atoms. The van der Waals surface area contributed by atoms with E-state index in [4.69, 9.17) is 4.74 Å². The van der Waals surface area contributed by atoms with Gasteiger partial charge < -0.3 is 14.7 Å². The van der Waals surface area contributed by atoms with Gasteiger partial charge in [-0.1, -0.05) is 6.07 Å². The third-order valence-corrected chi connectivity index (χ3v) is 4.89. The second-order valence-corrected chi connectivity index (χ2v) is 5.81. The first-order valence-corrected chi connectivity index (χ1v) is 6.38. The zero-order chi connectivity index (χ0) is 11.6. The van der Waals surface area contributed by atoms with Crippen molar-refractivity contribution in [2.75, 3.05) is 20.2 Å². The van der Waals surface area contributed by atoms with Gasteiger partial charge in [0.25, 0.3) is 0 Å². The highest BCUT2D eigenvalue weighted by molar-refractivity contribution is 5.58. The van der Waals surface area contributed by atoms with Crippen LogP contribution in [0.4, 0.5) is 0 Å². The number of aromatic hydroxyl groups is 1. The van der Waals surface area contributed by atoms with E-state index in [1.165, 1.54) is 17.5 Å². The minimum Gasteiger partial charge on any atom is -0.504 e. The highest BCUT2D eigenvalue weighted by Crippen LogP contribution is 2.54. The van der Waals surface area contributed by atoms with Crippen molar-refractivity contribution >= 4 is 0 Å². The summed E-state index contributed by atoms with van der Waals surface area (Å²) in [6.07, 6.45) is 3.45. The van der Waals surface area contributed by atoms with Crippen molar-refractivity contribution in [3.8, 4) is 11.5 Å². The highest BCUT2D eigenvalue weighted by Gasteiger charge is 2.50. The number of fused-ring (bicyclic) bond motifs is 1. The minimum absolute atomic E-state index is 0.193. The number of likely N-dealkylation sites (tertiary alicyclic amines) is 1. The summed E-state index contributed by atoms with van der Waals surface area (Å²) >= 11 is 0. The number of ether oxygens (including phenoxy) is 1. The maximum Gasteiger partial charge on any atom is 0.165 e. The summed E-state index contributed by atoms with van der Waals surface area (Å²) in [5.41, 5.74) is 2.90. The fourth-order valence-corrected chi connectivity index (χ4v) is 3.91. The molecule has 0 amide bonds. The van der Waals surface area contributed by atoms with Gasteiger partial charge in [0.2, 0.25) is 0 Å². The van der Waals surface area contributed by atoms with Crippen LogP contribution in [0.15, 0.2) is 12.1 Å². The molecule has 1 aromatic carbocycles. The molecule has 2 atom stereocenters. The van der Waals surface area contributed by atoms with Crippen molar-refractivity contribution in [2.24, 2.45) is 0 Å². The predicted molar refractivity (Wildman–Crippen MR) is 64.6 cm³/mol. The van der Waals surface area contributed by atoms with Gasteiger partial charge in [0.15, 0.2) is 11.5 Å². The van der Waals surface area contributed by atoms with Gasteiger partial charge in [0.1, 0.15) is 0 Å². The summed E-state index contributed by atoms with van der Waals surface area (Å²) in [5.74, 6) is 1.09. The van der Waals surface area contributed by atoms with Crippen molar-refractivity contribution < 1.29 is 9.84 Å². The molecule has 0 aromatic heterocycles. The Morgan fingerprint density at radius 2 is 2.35 bits per heavy atom. The molecule has 3 nitrogen and oxygen atoms in total. The molecule has 1 spiro atoms. The van der Waals surface area contributed by atoms with Gasteiger partial charge >= 0.3 is 0 Å². The van der Waals surface area contributed by atoms with Crippen LogP contribution in [0.2, 0.25) is 0 Å². The zero-order valence-corrected chi connectivity index (χ0v) is 10.1. The fourth-order valence-electron chi connectivity index (χ4n) is 3.91. The third kappa shape index (κ3) is 1.10. The highest BCUT2D eigenvalue weighted by atomic mass is 16.5. The van der Waals surface area contributed by atoms with Crippen LogP contribution in [0.3, 0.4) is 0 Å². The van der Waals surface area contributed by atoms with Crippen LogP contribution in [0.25, 0.3) is 0 Å². The number of likely N-dealkylation sites (N-methyl/N-ethyl adjacent to an activating group) is 1. The summed E-state index contributed by atoms with van der Waals surface area (Å²) in [5, 5.41) is 9.90. The van der Waals surface area contributed by atoms with Crippen molar-refractivity contribution in [1.29, 1.82) is 0 Å². The van der Waals surface area contributed by atoms with Crippen molar-refractivity contribution in [2.45, 2.75) is 30.7 Å². The molecule has 0 saturated carbocycles. The van der Waals surface area contributed by atoms with E-state index >= 15 is 0 Å². The Balaban J connectivity index is 1.95. The Morgan fingerprint density at radius 3 is 3.24 bits per heavy atom. The number of piperidine rings is 1. The van der Waals surface area contributed by atoms with Crippen molar-refractivity contribution in [1.82, 2.24) is 4.90 Å². The number of hydrogen-bond acceptors (Lipinski definition) is 3. The Hall–Kier alpha value is -1.22. The maximum atomic E-state index is 9.90. The molecule has 1 fully saturated rings. The molecule has 1 aliphatic carbocycles. The van der Waals surface area contributed by atoms with E-state index in [1.54, 1.807) is 6.07 Å². The van der Waals surface area contributed by atoms with Crippen LogP contribution in [-0.4, -0.2) is 36.2 Å². The average molecular weight is 231 g/mol. The lowest BCUT2D eigenvalue weighted by Gasteiger charge is -2.47. The number of phenols is 1. The normalized spacial score (nSPS) is 34.3. The monoisotopic (exact) mass is 231 g/mol. The van der Waals surface area contributed by atoms with Crippen molar-refractivity contribution in [3.63, 3.8) is 0 Å². The zero-order valence-electron chi connectivity index (χ0n) is 10.1. The Labute approximate surface area is 101 Å². The largest absolute Gasteiger partial charge is 0.504 e. The topological polar surface area (TPSA) is 32.7 Å². The molecular formula is C14H17NO2. The van der Waals surface area contributed by atoms with Crippen LogP contribution in [-0.2, 0) is 11.8 Å². The smallest absolute Gasteiger partial charge is 0.165 e. The second kappa shape index (κ2) is 2.96. The number of hydrogen-bond donors (Lipinski definition) is 1. The van der Waals surface area contributed by atoms with E-state index < -0.39 is 0 Å². The Kier molecular flexibility index (Phi) is 1.70. The van der Waals surface area contributed by atoms with E-state index in [0.717, 1.165) is 31.7 Å². The molecule has 3 heteroatoms. The first kappa shape index (κ1) is 9.77. The molecule has 0 radical (unpaired) electrons. The van der Waals surface area contributed by atoms with Crippen LogP contribution in [0.5, 0.6) is 11.5 Å². The molecular weight excluding hydrogens is 214 g/mol. The molecule has 1 aromatic rings. The second-order valence-electron chi connectivity index (χ2n) is 5.81. The molecule has 2 aliphatic heterocycles. The maximum absolute atomic E-state index is 9.90. The average Bonchev–Trinajstić information content (AvgIpc) is 2.70. The molecule has 1 saturated heterocycles. The summed E-state index contributed by atoms with van der Waals surface area (Å²) in [7, 11) is 2.22. The van der Waals surface area contributed by atoms with Crippen LogP contribution in [0, 0.1) is 0 Å². The molecule has 3 aliphatic rings. The number of nitrogens with zero attached hydrogens (tertiary/aromatic N) is 1. The Bertz CT molecular complexity index is 499. The van der Waals surface area contributed by atoms with E-state index in [2.05, 4.69) is 18.0 Å². The minimum atomic E-state index is 0.193. The van der Waals surface area contributed by atoms with E-state index in [-0.39, 0.29) is 5.41 Å². The molecule has 2 bridgehead atoms. The number of phenolic OH excluding ortho intramolecular Hbond substituents is 1. The lowest BCUT2D eigenvalue weighted by molar-refractivity contribution is 0.0900. The van der Waals surface area contributed by atoms with Crippen molar-refractivity contribution in [3.05, 3.63) is 23.3 Å². The molecule has 2 heterocycles. The molecule has 2 unspecified atom stereocenters. The summed E-state index contributed by atoms with van der Waals surface area (Å²) in [4.78, 5) is 2.47. The SMILES string of the molecule is CN1CCC23COc4c(O)ccc(c42)CC1C3. The van der Waals surface area contributed by atoms with Gasteiger partial charge in [-0.25, -0.2) is 0 Å². The standard InChI is InChI=1S/C14H17NO2/c1-15-5-4-14-7-10(15)6-9-2-3-11(16)13(12(9)14)17-8-14/h2-3,10,16H,4-8H2,1H3. The summed E-state index contributed by atoms with van der Waals surface area (Å²) in [6.45, 7) is 1.90. The molecule has 4 rings (SSSR count). The first-order chi connectivity index (χ1) is 8.20. The van der Waals surface area contributed by atoms with Crippen LogP contribution in [0.1, 0.15) is 24.0 Å². The van der Waals surface area contributed by atoms with Gasteiger partial charge in [-0.2, -0.15) is 0 Å². The molecule has 90 valence electrons. The number of rotatable bonds is 0. The number of benzene rings is 1. The van der Waals surface area contributed by atoms with E-state index in [9.17, 15) is 5.11 Å². The Morgan fingerprint density at radius 1 is 1.47 bits per heavy atom.